The molecule has 0 bridgehead atoms. The first kappa shape index (κ1) is 13.8. The van der Waals surface area contributed by atoms with Gasteiger partial charge < -0.3 is 9.47 Å². The van der Waals surface area contributed by atoms with Gasteiger partial charge in [-0.15, -0.1) is 0 Å². The van der Waals surface area contributed by atoms with Gasteiger partial charge in [-0.3, -0.25) is 10.1 Å². The van der Waals surface area contributed by atoms with Gasteiger partial charge in [-0.2, -0.15) is 0 Å². The lowest BCUT2D eigenvalue weighted by Gasteiger charge is -2.30. The van der Waals surface area contributed by atoms with E-state index in [2.05, 4.69) is 5.32 Å². The third-order valence-corrected chi connectivity index (χ3v) is 3.75. The summed E-state index contributed by atoms with van der Waals surface area (Å²) < 4.78 is 10.7. The maximum atomic E-state index is 11.9. The first-order chi connectivity index (χ1) is 8.53. The monoisotopic (exact) mass is 255 g/mol. The van der Waals surface area contributed by atoms with E-state index in [0.717, 1.165) is 25.4 Å². The van der Waals surface area contributed by atoms with Gasteiger partial charge in [0.15, 0.2) is 0 Å². The number of ether oxygens (including phenoxy) is 2. The predicted molar refractivity (Wildman–Crippen MR) is 69.3 cm³/mol. The SMILES string of the molecule is COC(=O)C(C)(CC(C)OCC1CC1)NC1CC1. The van der Waals surface area contributed by atoms with Crippen molar-refractivity contribution in [3.63, 3.8) is 0 Å². The fourth-order valence-corrected chi connectivity index (χ4v) is 2.32. The van der Waals surface area contributed by atoms with Crippen molar-refractivity contribution in [3.05, 3.63) is 0 Å². The molecular weight excluding hydrogens is 230 g/mol. The molecule has 0 amide bonds. The zero-order chi connectivity index (χ0) is 13.2. The number of carbonyl (C=O) groups is 1. The summed E-state index contributed by atoms with van der Waals surface area (Å²) in [6.45, 7) is 4.80. The molecule has 4 heteroatoms. The van der Waals surface area contributed by atoms with E-state index in [1.807, 2.05) is 13.8 Å². The highest BCUT2D eigenvalue weighted by Crippen LogP contribution is 2.30. The minimum absolute atomic E-state index is 0.0842. The van der Waals surface area contributed by atoms with E-state index in [1.54, 1.807) is 0 Å². The van der Waals surface area contributed by atoms with E-state index in [4.69, 9.17) is 9.47 Å². The number of esters is 1. The molecule has 1 N–H and O–H groups in total. The van der Waals surface area contributed by atoms with Gasteiger partial charge in [-0.05, 0) is 45.4 Å². The van der Waals surface area contributed by atoms with Crippen LogP contribution in [-0.2, 0) is 14.3 Å². The topological polar surface area (TPSA) is 47.6 Å². The summed E-state index contributed by atoms with van der Waals surface area (Å²) in [5.74, 6) is 0.574. The van der Waals surface area contributed by atoms with Crippen LogP contribution in [0.25, 0.3) is 0 Å². The Morgan fingerprint density at radius 2 is 2.06 bits per heavy atom. The van der Waals surface area contributed by atoms with E-state index in [0.29, 0.717) is 12.5 Å². The van der Waals surface area contributed by atoms with Gasteiger partial charge in [0.1, 0.15) is 5.54 Å². The maximum Gasteiger partial charge on any atom is 0.325 e. The number of hydrogen-bond donors (Lipinski definition) is 1. The summed E-state index contributed by atoms with van der Waals surface area (Å²) in [4.78, 5) is 11.9. The number of nitrogens with one attached hydrogen (secondary N) is 1. The van der Waals surface area contributed by atoms with Gasteiger partial charge in [0.25, 0.3) is 0 Å². The molecule has 104 valence electrons. The van der Waals surface area contributed by atoms with Crippen molar-refractivity contribution >= 4 is 5.97 Å². The number of carbonyl (C=O) groups excluding carboxylic acids is 1. The van der Waals surface area contributed by atoms with Crippen molar-refractivity contribution < 1.29 is 14.3 Å². The van der Waals surface area contributed by atoms with E-state index < -0.39 is 5.54 Å². The van der Waals surface area contributed by atoms with E-state index in [1.165, 1.54) is 20.0 Å². The van der Waals surface area contributed by atoms with Crippen LogP contribution >= 0.6 is 0 Å². The van der Waals surface area contributed by atoms with Crippen molar-refractivity contribution in [2.75, 3.05) is 13.7 Å². The lowest BCUT2D eigenvalue weighted by Crippen LogP contribution is -2.53. The lowest BCUT2D eigenvalue weighted by atomic mass is 9.94. The molecule has 0 aromatic carbocycles. The summed E-state index contributed by atoms with van der Waals surface area (Å²) in [6, 6.07) is 0.477. The predicted octanol–water partition coefficient (Wildman–Crippen LogP) is 1.88. The number of methoxy groups -OCH3 is 1. The average molecular weight is 255 g/mol. The molecule has 0 spiro atoms. The molecule has 2 aliphatic carbocycles. The largest absolute Gasteiger partial charge is 0.468 e. The van der Waals surface area contributed by atoms with Gasteiger partial charge in [0.05, 0.1) is 13.2 Å². The Kier molecular flexibility index (Phi) is 4.28. The smallest absolute Gasteiger partial charge is 0.325 e. The Bertz CT molecular complexity index is 299. The van der Waals surface area contributed by atoms with E-state index in [-0.39, 0.29) is 12.1 Å². The summed E-state index contributed by atoms with van der Waals surface area (Å²) >= 11 is 0. The van der Waals surface area contributed by atoms with Gasteiger partial charge in [-0.25, -0.2) is 0 Å². The van der Waals surface area contributed by atoms with Gasteiger partial charge in [0.2, 0.25) is 0 Å². The second-order valence-electron chi connectivity index (χ2n) is 6.03. The molecular formula is C14H25NO3. The Balaban J connectivity index is 1.83. The zero-order valence-electron chi connectivity index (χ0n) is 11.7. The van der Waals surface area contributed by atoms with Crippen molar-refractivity contribution in [2.24, 2.45) is 5.92 Å². The zero-order valence-corrected chi connectivity index (χ0v) is 11.7. The summed E-state index contributed by atoms with van der Waals surface area (Å²) in [7, 11) is 1.45. The Labute approximate surface area is 109 Å². The molecule has 0 saturated heterocycles. The lowest BCUT2D eigenvalue weighted by molar-refractivity contribution is -0.149. The number of rotatable bonds is 8. The molecule has 0 aliphatic heterocycles. The normalized spacial score (nSPS) is 24.4. The molecule has 4 nitrogen and oxygen atoms in total. The Morgan fingerprint density at radius 3 is 2.56 bits per heavy atom. The van der Waals surface area contributed by atoms with Crippen molar-refractivity contribution in [2.45, 2.75) is 63.6 Å². The first-order valence-corrected chi connectivity index (χ1v) is 7.01. The Morgan fingerprint density at radius 1 is 1.39 bits per heavy atom. The standard InChI is InChI=1S/C14H25NO3/c1-10(18-9-11-4-5-11)8-14(2,13(16)17-3)15-12-6-7-12/h10-12,15H,4-9H2,1-3H3. The van der Waals surface area contributed by atoms with Crippen LogP contribution in [0.3, 0.4) is 0 Å². The van der Waals surface area contributed by atoms with Crippen molar-refractivity contribution in [1.29, 1.82) is 0 Å². The third-order valence-electron chi connectivity index (χ3n) is 3.75. The highest BCUT2D eigenvalue weighted by molar-refractivity contribution is 5.80. The quantitative estimate of drug-likeness (QED) is 0.673. The minimum atomic E-state index is -0.612. The molecule has 2 saturated carbocycles. The van der Waals surface area contributed by atoms with Gasteiger partial charge >= 0.3 is 5.97 Å². The molecule has 2 aliphatic rings. The Hall–Kier alpha value is -0.610. The van der Waals surface area contributed by atoms with Crippen LogP contribution in [-0.4, -0.2) is 37.4 Å². The molecule has 2 fully saturated rings. The molecule has 2 unspecified atom stereocenters. The molecule has 2 atom stereocenters. The second-order valence-corrected chi connectivity index (χ2v) is 6.03. The molecule has 2 rings (SSSR count). The maximum absolute atomic E-state index is 11.9. The fraction of sp³-hybridized carbons (Fsp3) is 0.929. The molecule has 0 radical (unpaired) electrons. The van der Waals surface area contributed by atoms with Crippen LogP contribution < -0.4 is 5.32 Å². The highest BCUT2D eigenvalue weighted by atomic mass is 16.5. The van der Waals surface area contributed by atoms with Crippen LogP contribution in [0.15, 0.2) is 0 Å². The molecule has 0 aromatic rings. The van der Waals surface area contributed by atoms with Crippen LogP contribution in [0, 0.1) is 5.92 Å². The van der Waals surface area contributed by atoms with Crippen molar-refractivity contribution in [1.82, 2.24) is 5.32 Å². The number of hydrogen-bond acceptors (Lipinski definition) is 4. The van der Waals surface area contributed by atoms with E-state index in [9.17, 15) is 4.79 Å². The fourth-order valence-electron chi connectivity index (χ4n) is 2.32. The summed E-state index contributed by atoms with van der Waals surface area (Å²) in [6.07, 6.45) is 5.65. The second kappa shape index (κ2) is 5.57. The first-order valence-electron chi connectivity index (χ1n) is 7.01. The molecule has 0 aromatic heterocycles. The van der Waals surface area contributed by atoms with Crippen molar-refractivity contribution in [3.8, 4) is 0 Å². The average Bonchev–Trinajstić information content (AvgIpc) is 3.19. The van der Waals surface area contributed by atoms with Gasteiger partial charge in [-0.1, -0.05) is 0 Å². The van der Waals surface area contributed by atoms with Crippen LogP contribution in [0.2, 0.25) is 0 Å². The third kappa shape index (κ3) is 3.95. The highest BCUT2D eigenvalue weighted by Gasteiger charge is 2.40. The summed E-state index contributed by atoms with van der Waals surface area (Å²) in [5.41, 5.74) is -0.612. The van der Waals surface area contributed by atoms with Crippen LogP contribution in [0.4, 0.5) is 0 Å². The molecule has 0 heterocycles. The van der Waals surface area contributed by atoms with Gasteiger partial charge in [0, 0.05) is 19.1 Å². The minimum Gasteiger partial charge on any atom is -0.468 e. The van der Waals surface area contributed by atoms with Crippen LogP contribution in [0.1, 0.15) is 46.0 Å². The summed E-state index contributed by atoms with van der Waals surface area (Å²) in [5, 5.41) is 3.40. The van der Waals surface area contributed by atoms with E-state index >= 15 is 0 Å². The molecule has 18 heavy (non-hydrogen) atoms. The van der Waals surface area contributed by atoms with Crippen LogP contribution in [0.5, 0.6) is 0 Å².